The summed E-state index contributed by atoms with van der Waals surface area (Å²) in [6, 6.07) is 3.24. The van der Waals surface area contributed by atoms with Gasteiger partial charge in [0.1, 0.15) is 6.04 Å². The Kier molecular flexibility index (Phi) is 4.39. The molecule has 2 saturated heterocycles. The van der Waals surface area contributed by atoms with Crippen molar-refractivity contribution in [3.63, 3.8) is 0 Å². The summed E-state index contributed by atoms with van der Waals surface area (Å²) in [5.74, 6) is -0.0145. The number of fused-ring (bicyclic) bond motifs is 1. The number of likely N-dealkylation sites (N-methyl/N-ethyl adjacent to an activating group) is 1. The second kappa shape index (κ2) is 6.18. The van der Waals surface area contributed by atoms with Gasteiger partial charge in [0.25, 0.3) is 0 Å². The van der Waals surface area contributed by atoms with E-state index in [1.165, 1.54) is 10.6 Å². The predicted molar refractivity (Wildman–Crippen MR) is 85.9 cm³/mol. The SMILES string of the molecule is CNC(=O)[C@@H]1C[C@H]2CN(Cc3ccncc3)C[C@H]2N1S(C)(=O)=O. The van der Waals surface area contributed by atoms with Gasteiger partial charge in [0, 0.05) is 45.1 Å². The molecule has 23 heavy (non-hydrogen) atoms. The Labute approximate surface area is 136 Å². The van der Waals surface area contributed by atoms with Crippen LogP contribution in [0.5, 0.6) is 0 Å². The van der Waals surface area contributed by atoms with Gasteiger partial charge in [0.2, 0.25) is 15.9 Å². The first-order chi connectivity index (χ1) is 10.9. The quantitative estimate of drug-likeness (QED) is 0.812. The van der Waals surface area contributed by atoms with Crippen molar-refractivity contribution >= 4 is 15.9 Å². The van der Waals surface area contributed by atoms with Gasteiger partial charge in [-0.05, 0) is 30.0 Å². The van der Waals surface area contributed by atoms with Gasteiger partial charge >= 0.3 is 0 Å². The highest BCUT2D eigenvalue weighted by molar-refractivity contribution is 7.88. The van der Waals surface area contributed by atoms with Crippen molar-refractivity contribution < 1.29 is 13.2 Å². The Hall–Kier alpha value is -1.51. The minimum absolute atomic E-state index is 0.117. The fourth-order valence-electron chi connectivity index (χ4n) is 3.82. The highest BCUT2D eigenvalue weighted by Crippen LogP contribution is 2.37. The molecule has 1 aromatic rings. The Balaban J connectivity index is 1.76. The number of pyridine rings is 1. The van der Waals surface area contributed by atoms with Crippen LogP contribution in [0.4, 0.5) is 0 Å². The zero-order chi connectivity index (χ0) is 16.6. The molecule has 3 heterocycles. The molecule has 1 amide bonds. The van der Waals surface area contributed by atoms with Gasteiger partial charge in [-0.1, -0.05) is 0 Å². The maximum Gasteiger partial charge on any atom is 0.238 e. The van der Waals surface area contributed by atoms with E-state index in [9.17, 15) is 13.2 Å². The van der Waals surface area contributed by atoms with Gasteiger partial charge in [-0.15, -0.1) is 0 Å². The third kappa shape index (κ3) is 3.24. The molecule has 126 valence electrons. The molecule has 0 unspecified atom stereocenters. The number of nitrogens with zero attached hydrogens (tertiary/aromatic N) is 3. The zero-order valence-electron chi connectivity index (χ0n) is 13.3. The summed E-state index contributed by atoms with van der Waals surface area (Å²) in [4.78, 5) is 18.3. The first kappa shape index (κ1) is 16.4. The minimum Gasteiger partial charge on any atom is -0.358 e. The molecule has 2 aliphatic rings. The van der Waals surface area contributed by atoms with Crippen molar-refractivity contribution in [1.82, 2.24) is 19.5 Å². The van der Waals surface area contributed by atoms with E-state index < -0.39 is 16.1 Å². The van der Waals surface area contributed by atoms with Crippen LogP contribution in [0.3, 0.4) is 0 Å². The summed E-state index contributed by atoms with van der Waals surface area (Å²) in [5.41, 5.74) is 1.16. The number of likely N-dealkylation sites (tertiary alicyclic amines) is 1. The van der Waals surface area contributed by atoms with E-state index in [0.717, 1.165) is 18.7 Å². The number of hydrogen-bond acceptors (Lipinski definition) is 5. The van der Waals surface area contributed by atoms with Crippen molar-refractivity contribution in [2.24, 2.45) is 5.92 Å². The lowest BCUT2D eigenvalue weighted by molar-refractivity contribution is -0.124. The molecule has 1 N–H and O–H groups in total. The van der Waals surface area contributed by atoms with Gasteiger partial charge in [0.05, 0.1) is 6.26 Å². The number of hydrogen-bond donors (Lipinski definition) is 1. The first-order valence-corrected chi connectivity index (χ1v) is 9.56. The molecule has 8 heteroatoms. The van der Waals surface area contributed by atoms with Crippen LogP contribution in [0.1, 0.15) is 12.0 Å². The number of carbonyl (C=O) groups is 1. The largest absolute Gasteiger partial charge is 0.358 e. The molecule has 7 nitrogen and oxygen atoms in total. The molecule has 0 radical (unpaired) electrons. The number of sulfonamides is 1. The second-order valence-electron chi connectivity index (χ2n) is 6.34. The molecule has 2 fully saturated rings. The van der Waals surface area contributed by atoms with Gasteiger partial charge in [-0.25, -0.2) is 8.42 Å². The van der Waals surface area contributed by atoms with Crippen LogP contribution in [-0.4, -0.2) is 67.0 Å². The average Bonchev–Trinajstić information content (AvgIpc) is 3.03. The number of nitrogens with one attached hydrogen (secondary N) is 1. The normalized spacial score (nSPS) is 28.7. The standard InChI is InChI=1S/C15H22N4O3S/c1-16-15(20)13-7-12-9-18(8-11-3-5-17-6-4-11)10-14(12)19(13)23(2,21)22/h3-6,12-14H,7-10H2,1-2H3,(H,16,20)/t12-,13-,14+/m0/s1. The van der Waals surface area contributed by atoms with Gasteiger partial charge < -0.3 is 5.32 Å². The van der Waals surface area contributed by atoms with E-state index in [1.54, 1.807) is 19.4 Å². The van der Waals surface area contributed by atoms with Gasteiger partial charge in [0.15, 0.2) is 0 Å². The molecule has 0 bridgehead atoms. The van der Waals surface area contributed by atoms with E-state index in [1.807, 2.05) is 12.1 Å². The van der Waals surface area contributed by atoms with Crippen LogP contribution in [-0.2, 0) is 21.4 Å². The molecular weight excluding hydrogens is 316 g/mol. The third-order valence-corrected chi connectivity index (χ3v) is 6.02. The van der Waals surface area contributed by atoms with Crippen LogP contribution in [0, 0.1) is 5.92 Å². The maximum absolute atomic E-state index is 12.2. The van der Waals surface area contributed by atoms with Crippen molar-refractivity contribution in [1.29, 1.82) is 0 Å². The fraction of sp³-hybridized carbons (Fsp3) is 0.600. The van der Waals surface area contributed by atoms with E-state index in [0.29, 0.717) is 13.0 Å². The Morgan fingerprint density at radius 2 is 2.04 bits per heavy atom. The van der Waals surface area contributed by atoms with Crippen LogP contribution in [0.25, 0.3) is 0 Å². The number of aromatic nitrogens is 1. The lowest BCUT2D eigenvalue weighted by atomic mass is 10.0. The molecule has 3 rings (SSSR count). The molecule has 0 aliphatic carbocycles. The monoisotopic (exact) mass is 338 g/mol. The molecule has 2 aliphatic heterocycles. The van der Waals surface area contributed by atoms with E-state index in [-0.39, 0.29) is 17.9 Å². The van der Waals surface area contributed by atoms with Crippen LogP contribution in [0.2, 0.25) is 0 Å². The summed E-state index contributed by atoms with van der Waals surface area (Å²) in [6.45, 7) is 2.25. The fourth-order valence-corrected chi connectivity index (χ4v) is 5.20. The average molecular weight is 338 g/mol. The second-order valence-corrected chi connectivity index (χ2v) is 8.22. The van der Waals surface area contributed by atoms with E-state index >= 15 is 0 Å². The smallest absolute Gasteiger partial charge is 0.238 e. The van der Waals surface area contributed by atoms with Crippen molar-refractivity contribution in [3.05, 3.63) is 30.1 Å². The summed E-state index contributed by atoms with van der Waals surface area (Å²) >= 11 is 0. The summed E-state index contributed by atoms with van der Waals surface area (Å²) < 4.78 is 25.8. The first-order valence-electron chi connectivity index (χ1n) is 7.71. The lowest BCUT2D eigenvalue weighted by Crippen LogP contribution is -2.49. The molecule has 0 aromatic carbocycles. The van der Waals surface area contributed by atoms with Crippen molar-refractivity contribution in [3.8, 4) is 0 Å². The molecule has 3 atom stereocenters. The molecule has 0 saturated carbocycles. The summed E-state index contributed by atoms with van der Waals surface area (Å²) in [5, 5.41) is 2.58. The van der Waals surface area contributed by atoms with Crippen molar-refractivity contribution in [2.75, 3.05) is 26.4 Å². The summed E-state index contributed by atoms with van der Waals surface area (Å²) in [6.07, 6.45) is 5.30. The van der Waals surface area contributed by atoms with Crippen molar-refractivity contribution in [2.45, 2.75) is 25.0 Å². The number of rotatable bonds is 4. The number of carbonyl (C=O) groups excluding carboxylic acids is 1. The maximum atomic E-state index is 12.2. The molecular formula is C15H22N4O3S. The topological polar surface area (TPSA) is 82.6 Å². The lowest BCUT2D eigenvalue weighted by Gasteiger charge is -2.27. The minimum atomic E-state index is -3.42. The van der Waals surface area contributed by atoms with Crippen LogP contribution < -0.4 is 5.32 Å². The Bertz CT molecular complexity index is 679. The van der Waals surface area contributed by atoms with E-state index in [2.05, 4.69) is 15.2 Å². The summed E-state index contributed by atoms with van der Waals surface area (Å²) in [7, 11) is -1.87. The molecule has 0 spiro atoms. The number of amides is 1. The van der Waals surface area contributed by atoms with Gasteiger partial charge in [-0.3, -0.25) is 14.7 Å². The molecule has 1 aromatic heterocycles. The third-order valence-electron chi connectivity index (χ3n) is 4.73. The highest BCUT2D eigenvalue weighted by atomic mass is 32.2. The predicted octanol–water partition coefficient (Wildman–Crippen LogP) is -0.338. The van der Waals surface area contributed by atoms with Crippen LogP contribution in [0.15, 0.2) is 24.5 Å². The van der Waals surface area contributed by atoms with E-state index in [4.69, 9.17) is 0 Å². The Morgan fingerprint density at radius 3 is 2.65 bits per heavy atom. The highest BCUT2D eigenvalue weighted by Gasteiger charge is 2.52. The van der Waals surface area contributed by atoms with Crippen LogP contribution >= 0.6 is 0 Å². The zero-order valence-corrected chi connectivity index (χ0v) is 14.2. The van der Waals surface area contributed by atoms with Gasteiger partial charge in [-0.2, -0.15) is 4.31 Å². The Morgan fingerprint density at radius 1 is 1.35 bits per heavy atom.